The molecule has 2 aromatic heterocycles. The fourth-order valence-corrected chi connectivity index (χ4v) is 2.18. The maximum absolute atomic E-state index is 11.6. The molecule has 0 saturated carbocycles. The predicted octanol–water partition coefficient (Wildman–Crippen LogP) is 1.17. The van der Waals surface area contributed by atoms with E-state index in [1.165, 1.54) is 0 Å². The number of nitrogens with one attached hydrogen (secondary N) is 1. The average molecular weight is 284 g/mol. The van der Waals surface area contributed by atoms with Crippen LogP contribution in [0.15, 0.2) is 35.6 Å². The quantitative estimate of drug-likeness (QED) is 0.752. The minimum Gasteiger partial charge on any atom is -0.476 e. The summed E-state index contributed by atoms with van der Waals surface area (Å²) in [4.78, 5) is 33.1. The summed E-state index contributed by atoms with van der Waals surface area (Å²) >= 11 is 0. The lowest BCUT2D eigenvalue weighted by Crippen LogP contribution is -2.20. The van der Waals surface area contributed by atoms with E-state index in [-0.39, 0.29) is 0 Å². The SMILES string of the molecule is Cc1cc2[nH]c(=O)c(C(=O)O)nc2cc1Cn1ccnc1. The molecular formula is C14H12N4O3. The van der Waals surface area contributed by atoms with Crippen LogP contribution in [0.1, 0.15) is 21.6 Å². The van der Waals surface area contributed by atoms with Crippen molar-refractivity contribution in [2.45, 2.75) is 13.5 Å². The van der Waals surface area contributed by atoms with Gasteiger partial charge in [0.2, 0.25) is 5.69 Å². The van der Waals surface area contributed by atoms with Crippen LogP contribution >= 0.6 is 0 Å². The first-order chi connectivity index (χ1) is 10.0. The minimum atomic E-state index is -1.34. The van der Waals surface area contributed by atoms with Crippen LogP contribution < -0.4 is 5.56 Å². The van der Waals surface area contributed by atoms with E-state index >= 15 is 0 Å². The monoisotopic (exact) mass is 284 g/mol. The highest BCUT2D eigenvalue weighted by molar-refractivity contribution is 5.88. The zero-order chi connectivity index (χ0) is 15.0. The summed E-state index contributed by atoms with van der Waals surface area (Å²) in [5.74, 6) is -1.34. The van der Waals surface area contributed by atoms with Crippen molar-refractivity contribution in [3.05, 3.63) is 58.0 Å². The summed E-state index contributed by atoms with van der Waals surface area (Å²) in [6.07, 6.45) is 5.23. The normalized spacial score (nSPS) is 10.9. The van der Waals surface area contributed by atoms with Crippen molar-refractivity contribution in [3.63, 3.8) is 0 Å². The number of carboxylic acids is 1. The molecule has 0 aliphatic carbocycles. The van der Waals surface area contributed by atoms with Gasteiger partial charge in [-0.15, -0.1) is 0 Å². The lowest BCUT2D eigenvalue weighted by molar-refractivity contribution is 0.0689. The number of benzene rings is 1. The first-order valence-corrected chi connectivity index (χ1v) is 6.27. The van der Waals surface area contributed by atoms with Crippen molar-refractivity contribution < 1.29 is 9.90 Å². The predicted molar refractivity (Wildman–Crippen MR) is 75.4 cm³/mol. The number of nitrogens with zero attached hydrogens (tertiary/aromatic N) is 3. The van der Waals surface area contributed by atoms with Gasteiger partial charge in [-0.25, -0.2) is 14.8 Å². The number of aromatic nitrogens is 4. The third kappa shape index (κ3) is 2.40. The molecule has 0 atom stereocenters. The van der Waals surface area contributed by atoms with Gasteiger partial charge in [0.05, 0.1) is 17.4 Å². The van der Waals surface area contributed by atoms with Crippen LogP contribution in [-0.4, -0.2) is 30.6 Å². The van der Waals surface area contributed by atoms with E-state index < -0.39 is 17.2 Å². The average Bonchev–Trinajstić information content (AvgIpc) is 2.92. The van der Waals surface area contributed by atoms with Crippen LogP contribution in [0.4, 0.5) is 0 Å². The van der Waals surface area contributed by atoms with Crippen molar-refractivity contribution in [1.29, 1.82) is 0 Å². The number of rotatable bonds is 3. The first-order valence-electron chi connectivity index (χ1n) is 6.27. The standard InChI is InChI=1S/C14H12N4O3/c1-8-4-10-11(16-12(14(20)21)13(19)17-10)5-9(8)6-18-3-2-15-7-18/h2-5,7H,6H2,1H3,(H,17,19)(H,20,21). The van der Waals surface area contributed by atoms with E-state index in [2.05, 4.69) is 15.0 Å². The second-order valence-corrected chi connectivity index (χ2v) is 4.75. The van der Waals surface area contributed by atoms with Crippen LogP contribution in [0.5, 0.6) is 0 Å². The number of carbonyl (C=O) groups is 1. The van der Waals surface area contributed by atoms with Crippen molar-refractivity contribution >= 4 is 17.0 Å². The molecule has 2 N–H and O–H groups in total. The van der Waals surface area contributed by atoms with E-state index in [0.29, 0.717) is 17.6 Å². The fraction of sp³-hybridized carbons (Fsp3) is 0.143. The number of aromatic carboxylic acids is 1. The van der Waals surface area contributed by atoms with Gasteiger partial charge in [-0.05, 0) is 30.2 Å². The Hall–Kier alpha value is -2.96. The van der Waals surface area contributed by atoms with Crippen molar-refractivity contribution in [2.24, 2.45) is 0 Å². The molecule has 3 rings (SSSR count). The molecule has 3 aromatic rings. The molecule has 0 spiro atoms. The number of hydrogen-bond acceptors (Lipinski definition) is 4. The third-order valence-electron chi connectivity index (χ3n) is 3.26. The molecule has 21 heavy (non-hydrogen) atoms. The Labute approximate surface area is 118 Å². The summed E-state index contributed by atoms with van der Waals surface area (Å²) in [5, 5.41) is 8.96. The lowest BCUT2D eigenvalue weighted by Gasteiger charge is -2.09. The molecule has 0 fully saturated rings. The molecule has 0 unspecified atom stereocenters. The highest BCUT2D eigenvalue weighted by Gasteiger charge is 2.13. The Balaban J connectivity index is 2.15. The van der Waals surface area contributed by atoms with Crippen LogP contribution in [-0.2, 0) is 6.54 Å². The van der Waals surface area contributed by atoms with Gasteiger partial charge in [-0.3, -0.25) is 4.79 Å². The molecule has 0 saturated heterocycles. The molecule has 0 radical (unpaired) electrons. The van der Waals surface area contributed by atoms with Gasteiger partial charge in [0, 0.05) is 18.9 Å². The van der Waals surface area contributed by atoms with Gasteiger partial charge in [0.25, 0.3) is 5.56 Å². The van der Waals surface area contributed by atoms with Crippen LogP contribution in [0.25, 0.3) is 11.0 Å². The molecule has 7 nitrogen and oxygen atoms in total. The molecule has 0 aliphatic rings. The van der Waals surface area contributed by atoms with Gasteiger partial charge in [0.1, 0.15) is 0 Å². The van der Waals surface area contributed by atoms with Crippen molar-refractivity contribution in [3.8, 4) is 0 Å². The van der Waals surface area contributed by atoms with E-state index in [4.69, 9.17) is 5.11 Å². The van der Waals surface area contributed by atoms with Gasteiger partial charge in [-0.1, -0.05) is 0 Å². The molecular weight excluding hydrogens is 272 g/mol. The van der Waals surface area contributed by atoms with Crippen LogP contribution in [0.3, 0.4) is 0 Å². The number of fused-ring (bicyclic) bond motifs is 1. The van der Waals surface area contributed by atoms with Crippen LogP contribution in [0.2, 0.25) is 0 Å². The largest absolute Gasteiger partial charge is 0.476 e. The summed E-state index contributed by atoms with van der Waals surface area (Å²) in [7, 11) is 0. The summed E-state index contributed by atoms with van der Waals surface area (Å²) in [6, 6.07) is 3.58. The molecule has 0 bridgehead atoms. The maximum atomic E-state index is 11.6. The zero-order valence-electron chi connectivity index (χ0n) is 11.2. The van der Waals surface area contributed by atoms with E-state index in [1.807, 2.05) is 17.7 Å². The number of H-pyrrole nitrogens is 1. The van der Waals surface area contributed by atoms with E-state index in [1.54, 1.807) is 24.7 Å². The Morgan fingerprint density at radius 2 is 2.24 bits per heavy atom. The molecule has 0 aliphatic heterocycles. The molecule has 2 heterocycles. The third-order valence-corrected chi connectivity index (χ3v) is 3.26. The van der Waals surface area contributed by atoms with Gasteiger partial charge < -0.3 is 14.7 Å². The molecule has 106 valence electrons. The van der Waals surface area contributed by atoms with E-state index in [9.17, 15) is 9.59 Å². The molecule has 7 heteroatoms. The molecule has 0 amide bonds. The first kappa shape index (κ1) is 13.0. The Morgan fingerprint density at radius 3 is 2.90 bits per heavy atom. The second kappa shape index (κ2) is 4.86. The van der Waals surface area contributed by atoms with Crippen LogP contribution in [0, 0.1) is 6.92 Å². The summed E-state index contributed by atoms with van der Waals surface area (Å²) in [6.45, 7) is 2.53. The fourth-order valence-electron chi connectivity index (χ4n) is 2.18. The number of imidazole rings is 1. The topological polar surface area (TPSA) is 101 Å². The van der Waals surface area contributed by atoms with Gasteiger partial charge in [0.15, 0.2) is 0 Å². The number of carboxylic acid groups (broad SMARTS) is 1. The van der Waals surface area contributed by atoms with Gasteiger partial charge >= 0.3 is 5.97 Å². The van der Waals surface area contributed by atoms with Crippen molar-refractivity contribution in [2.75, 3.05) is 0 Å². The number of hydrogen-bond donors (Lipinski definition) is 2. The lowest BCUT2D eigenvalue weighted by atomic mass is 10.1. The maximum Gasteiger partial charge on any atom is 0.360 e. The summed E-state index contributed by atoms with van der Waals surface area (Å²) < 4.78 is 1.90. The summed E-state index contributed by atoms with van der Waals surface area (Å²) in [5.41, 5.74) is 1.74. The Kier molecular flexibility index (Phi) is 3.02. The number of aromatic amines is 1. The van der Waals surface area contributed by atoms with Gasteiger partial charge in [-0.2, -0.15) is 0 Å². The smallest absolute Gasteiger partial charge is 0.360 e. The zero-order valence-corrected chi connectivity index (χ0v) is 11.2. The second-order valence-electron chi connectivity index (χ2n) is 4.75. The van der Waals surface area contributed by atoms with E-state index in [0.717, 1.165) is 11.1 Å². The highest BCUT2D eigenvalue weighted by Crippen LogP contribution is 2.17. The number of aryl methyl sites for hydroxylation is 1. The van der Waals surface area contributed by atoms with Crippen molar-refractivity contribution in [1.82, 2.24) is 19.5 Å². The highest BCUT2D eigenvalue weighted by atomic mass is 16.4. The minimum absolute atomic E-state index is 0.452. The Bertz CT molecular complexity index is 881. The Morgan fingerprint density at radius 1 is 1.43 bits per heavy atom. The molecule has 1 aromatic carbocycles.